The molecule has 13 heteroatoms. The lowest BCUT2D eigenvalue weighted by atomic mass is 9.88. The first-order valence-corrected chi connectivity index (χ1v) is 17.4. The van der Waals surface area contributed by atoms with Crippen molar-refractivity contribution in [1.82, 2.24) is 14.0 Å². The molecule has 6 N–H and O–H groups in total. The smallest absolute Gasteiger partial charge is 0.250 e. The number of H-pyrrole nitrogens is 1. The standard InChI is InChI=1S/C30H34ClN5O5S2/c1-2-42(38,39)36-11-9-20(10-12-36)26-18-34-28-24(26)14-23(15-25(28)30(33)37)21-6-3-5-19(13-21)17-35-43(40,41)29-22(16-32)7-4-8-27(29)31/h3-8,13-15,18,20,34-35H,2,9-12,16-17,32H2,1H3,(H2,33,37). The molecule has 0 radical (unpaired) electrons. The number of aromatic nitrogens is 1. The van der Waals surface area contributed by atoms with E-state index in [4.69, 9.17) is 23.1 Å². The average Bonchev–Trinajstić information content (AvgIpc) is 3.43. The topological polar surface area (TPSA) is 168 Å². The third-order valence-corrected chi connectivity index (χ3v) is 11.9. The first kappa shape index (κ1) is 31.2. The Balaban J connectivity index is 1.44. The Morgan fingerprint density at radius 1 is 1.05 bits per heavy atom. The molecule has 2 heterocycles. The third-order valence-electron chi connectivity index (χ3n) is 8.00. The molecule has 0 spiro atoms. The van der Waals surface area contributed by atoms with Crippen LogP contribution >= 0.6 is 11.6 Å². The van der Waals surface area contributed by atoms with Crippen molar-refractivity contribution in [3.05, 3.63) is 88.1 Å². The molecule has 4 aromatic rings. The highest BCUT2D eigenvalue weighted by Crippen LogP contribution is 2.37. The van der Waals surface area contributed by atoms with Crippen LogP contribution < -0.4 is 16.2 Å². The van der Waals surface area contributed by atoms with Gasteiger partial charge in [0.2, 0.25) is 20.0 Å². The predicted octanol–water partition coefficient (Wildman–Crippen LogP) is 4.05. The van der Waals surface area contributed by atoms with Crippen LogP contribution in [0.2, 0.25) is 5.02 Å². The molecule has 1 fully saturated rings. The number of hydrogen-bond acceptors (Lipinski definition) is 6. The van der Waals surface area contributed by atoms with Gasteiger partial charge in [-0.1, -0.05) is 41.9 Å². The fourth-order valence-electron chi connectivity index (χ4n) is 5.71. The Bertz CT molecular complexity index is 1900. The van der Waals surface area contributed by atoms with Gasteiger partial charge in [0.1, 0.15) is 4.90 Å². The molecule has 0 saturated carbocycles. The summed E-state index contributed by atoms with van der Waals surface area (Å²) in [5.41, 5.74) is 16.1. The second kappa shape index (κ2) is 12.4. The van der Waals surface area contributed by atoms with Crippen LogP contribution in [-0.4, -0.2) is 50.9 Å². The van der Waals surface area contributed by atoms with E-state index < -0.39 is 26.0 Å². The van der Waals surface area contributed by atoms with Crippen LogP contribution in [0.3, 0.4) is 0 Å². The minimum absolute atomic E-state index is 0.00494. The van der Waals surface area contributed by atoms with Gasteiger partial charge in [-0.3, -0.25) is 4.79 Å². The summed E-state index contributed by atoms with van der Waals surface area (Å²) in [6.07, 6.45) is 3.20. The number of primary amides is 1. The van der Waals surface area contributed by atoms with Crippen LogP contribution in [0.5, 0.6) is 0 Å². The lowest BCUT2D eigenvalue weighted by Gasteiger charge is -2.31. The number of hydrogen-bond donors (Lipinski definition) is 4. The average molecular weight is 644 g/mol. The summed E-state index contributed by atoms with van der Waals surface area (Å²) in [5.74, 6) is -0.397. The van der Waals surface area contributed by atoms with E-state index in [1.165, 1.54) is 6.07 Å². The Morgan fingerprint density at radius 3 is 2.44 bits per heavy atom. The number of piperidine rings is 1. The second-order valence-electron chi connectivity index (χ2n) is 10.6. The maximum absolute atomic E-state index is 13.1. The Kier molecular flexibility index (Phi) is 8.98. The van der Waals surface area contributed by atoms with Crippen LogP contribution in [-0.2, 0) is 33.1 Å². The number of nitrogens with two attached hydrogens (primary N) is 2. The maximum Gasteiger partial charge on any atom is 0.250 e. The number of benzene rings is 3. The zero-order chi connectivity index (χ0) is 30.9. The molecule has 10 nitrogen and oxygen atoms in total. The van der Waals surface area contributed by atoms with E-state index >= 15 is 0 Å². The first-order valence-electron chi connectivity index (χ1n) is 13.9. The molecular formula is C30H34ClN5O5S2. The van der Waals surface area contributed by atoms with E-state index in [0.717, 1.165) is 22.1 Å². The zero-order valence-electron chi connectivity index (χ0n) is 23.6. The fourth-order valence-corrected chi connectivity index (χ4v) is 8.66. The Hall–Kier alpha value is -3.26. The number of rotatable bonds is 10. The van der Waals surface area contributed by atoms with Gasteiger partial charge in [0.15, 0.2) is 0 Å². The van der Waals surface area contributed by atoms with Crippen molar-refractivity contribution in [3.63, 3.8) is 0 Å². The summed E-state index contributed by atoms with van der Waals surface area (Å²) in [5, 5.41) is 0.943. The molecule has 228 valence electrons. The molecule has 1 aromatic heterocycles. The van der Waals surface area contributed by atoms with Crippen molar-refractivity contribution in [3.8, 4) is 11.1 Å². The molecule has 1 aliphatic heterocycles. The summed E-state index contributed by atoms with van der Waals surface area (Å²) in [6, 6.07) is 15.8. The number of nitrogens with one attached hydrogen (secondary N) is 2. The number of carbonyl (C=O) groups is 1. The van der Waals surface area contributed by atoms with E-state index in [2.05, 4.69) is 9.71 Å². The summed E-state index contributed by atoms with van der Waals surface area (Å²) in [6.45, 7) is 2.55. The van der Waals surface area contributed by atoms with Crippen molar-refractivity contribution in [2.45, 2.75) is 43.7 Å². The zero-order valence-corrected chi connectivity index (χ0v) is 26.0. The third kappa shape index (κ3) is 6.35. The quantitative estimate of drug-likeness (QED) is 0.203. The number of carbonyl (C=O) groups excluding carboxylic acids is 1. The van der Waals surface area contributed by atoms with Gasteiger partial charge >= 0.3 is 0 Å². The predicted molar refractivity (Wildman–Crippen MR) is 169 cm³/mol. The van der Waals surface area contributed by atoms with Gasteiger partial charge in [0.05, 0.1) is 21.9 Å². The molecule has 1 saturated heterocycles. The normalized spacial score (nSPS) is 15.2. The Labute approximate surface area is 256 Å². The van der Waals surface area contributed by atoms with Crippen molar-refractivity contribution >= 4 is 48.5 Å². The Morgan fingerprint density at radius 2 is 1.77 bits per heavy atom. The lowest BCUT2D eigenvalue weighted by molar-refractivity contribution is 0.100. The number of fused-ring (bicyclic) bond motifs is 1. The lowest BCUT2D eigenvalue weighted by Crippen LogP contribution is -2.38. The number of aromatic amines is 1. The van der Waals surface area contributed by atoms with Crippen molar-refractivity contribution in [2.24, 2.45) is 11.5 Å². The second-order valence-corrected chi connectivity index (χ2v) is 15.0. The van der Waals surface area contributed by atoms with E-state index in [1.807, 2.05) is 30.5 Å². The van der Waals surface area contributed by atoms with E-state index in [0.29, 0.717) is 48.1 Å². The molecule has 43 heavy (non-hydrogen) atoms. The fraction of sp³-hybridized carbons (Fsp3) is 0.300. The monoisotopic (exact) mass is 643 g/mol. The largest absolute Gasteiger partial charge is 0.366 e. The van der Waals surface area contributed by atoms with Gasteiger partial charge in [-0.2, -0.15) is 0 Å². The molecule has 5 rings (SSSR count). The number of halogens is 1. The maximum atomic E-state index is 13.1. The number of sulfonamides is 2. The van der Waals surface area contributed by atoms with Gasteiger partial charge < -0.3 is 16.5 Å². The van der Waals surface area contributed by atoms with Gasteiger partial charge in [-0.15, -0.1) is 0 Å². The molecule has 0 bridgehead atoms. The summed E-state index contributed by atoms with van der Waals surface area (Å²) >= 11 is 6.22. The first-order chi connectivity index (χ1) is 20.4. The highest BCUT2D eigenvalue weighted by atomic mass is 35.5. The minimum atomic E-state index is -3.95. The minimum Gasteiger partial charge on any atom is -0.366 e. The molecule has 3 aromatic carbocycles. The van der Waals surface area contributed by atoms with E-state index in [9.17, 15) is 21.6 Å². The molecule has 1 aliphatic rings. The van der Waals surface area contributed by atoms with Gasteiger partial charge in [0.25, 0.3) is 5.91 Å². The van der Waals surface area contributed by atoms with Gasteiger partial charge in [-0.05, 0) is 77.8 Å². The van der Waals surface area contributed by atoms with E-state index in [1.54, 1.807) is 35.5 Å². The van der Waals surface area contributed by atoms with Gasteiger partial charge in [0, 0.05) is 37.8 Å². The van der Waals surface area contributed by atoms with Crippen LogP contribution in [0.4, 0.5) is 0 Å². The molecule has 0 aliphatic carbocycles. The molecule has 1 amide bonds. The summed E-state index contributed by atoms with van der Waals surface area (Å²) < 4.78 is 55.1. The van der Waals surface area contributed by atoms with Crippen molar-refractivity contribution < 1.29 is 21.6 Å². The van der Waals surface area contributed by atoms with Crippen molar-refractivity contribution in [2.75, 3.05) is 18.8 Å². The molecule has 0 atom stereocenters. The van der Waals surface area contributed by atoms with Crippen LogP contribution in [0.15, 0.2) is 65.7 Å². The van der Waals surface area contributed by atoms with Gasteiger partial charge in [-0.25, -0.2) is 25.9 Å². The summed E-state index contributed by atoms with van der Waals surface area (Å²) in [7, 11) is -7.20. The van der Waals surface area contributed by atoms with Crippen LogP contribution in [0.1, 0.15) is 52.7 Å². The van der Waals surface area contributed by atoms with Crippen molar-refractivity contribution in [1.29, 1.82) is 0 Å². The molecular weight excluding hydrogens is 610 g/mol. The summed E-state index contributed by atoms with van der Waals surface area (Å²) in [4.78, 5) is 15.7. The number of amides is 1. The van der Waals surface area contributed by atoms with Crippen LogP contribution in [0.25, 0.3) is 22.0 Å². The molecule has 0 unspecified atom stereocenters. The highest BCUT2D eigenvalue weighted by molar-refractivity contribution is 7.89. The van der Waals surface area contributed by atoms with Crippen LogP contribution in [0, 0.1) is 0 Å². The number of nitrogens with zero attached hydrogens (tertiary/aromatic N) is 1. The highest BCUT2D eigenvalue weighted by Gasteiger charge is 2.29. The SMILES string of the molecule is CCS(=O)(=O)N1CCC(c2c[nH]c3c(C(N)=O)cc(-c4cccc(CNS(=O)(=O)c5c(Cl)cccc5CN)c4)cc23)CC1. The van der Waals surface area contributed by atoms with E-state index in [-0.39, 0.29) is 34.7 Å².